The topological polar surface area (TPSA) is 140 Å². The molecule has 10 nitrogen and oxygen atoms in total. The zero-order chi connectivity index (χ0) is 20.3. The molecule has 1 aliphatic rings. The van der Waals surface area contributed by atoms with Gasteiger partial charge in [-0.15, -0.1) is 0 Å². The number of nitro benzene ring substituents is 1. The Morgan fingerprint density at radius 3 is 2.67 bits per heavy atom. The standard InChI is InChI=1S/C17H21N3O7/c1-5-8(2)27-16(22)13-9(3)18-17(23)19-14(13)10-6-11(20(24)25)15(21)12(7-10)26-4/h6-8,14,21H,5H2,1-4H3,(H2,18,19,23)/t8-,14-/m0/s1. The average molecular weight is 379 g/mol. The fourth-order valence-electron chi connectivity index (χ4n) is 2.62. The lowest BCUT2D eigenvalue weighted by Crippen LogP contribution is -2.45. The maximum Gasteiger partial charge on any atom is 0.338 e. The minimum absolute atomic E-state index is 0.108. The highest BCUT2D eigenvalue weighted by Crippen LogP contribution is 2.40. The molecule has 0 aromatic heterocycles. The van der Waals surface area contributed by atoms with Crippen LogP contribution in [0.5, 0.6) is 11.5 Å². The fourth-order valence-corrected chi connectivity index (χ4v) is 2.62. The zero-order valence-electron chi connectivity index (χ0n) is 15.4. The van der Waals surface area contributed by atoms with Crippen LogP contribution in [-0.4, -0.2) is 35.2 Å². The number of aromatic hydroxyl groups is 1. The van der Waals surface area contributed by atoms with Gasteiger partial charge in [0.2, 0.25) is 5.75 Å². The van der Waals surface area contributed by atoms with E-state index in [0.29, 0.717) is 6.42 Å². The van der Waals surface area contributed by atoms with E-state index < -0.39 is 34.4 Å². The number of ether oxygens (including phenoxy) is 2. The second-order valence-electron chi connectivity index (χ2n) is 6.04. The number of hydrogen-bond acceptors (Lipinski definition) is 7. The van der Waals surface area contributed by atoms with E-state index in [1.807, 2.05) is 6.92 Å². The van der Waals surface area contributed by atoms with Crippen molar-refractivity contribution in [3.05, 3.63) is 39.1 Å². The summed E-state index contributed by atoms with van der Waals surface area (Å²) >= 11 is 0. The van der Waals surface area contributed by atoms with Crippen molar-refractivity contribution >= 4 is 17.7 Å². The van der Waals surface area contributed by atoms with Crippen molar-refractivity contribution in [3.8, 4) is 11.5 Å². The third-order valence-electron chi connectivity index (χ3n) is 4.20. The van der Waals surface area contributed by atoms with E-state index >= 15 is 0 Å². The summed E-state index contributed by atoms with van der Waals surface area (Å²) in [5, 5.41) is 26.2. The van der Waals surface area contributed by atoms with Crippen LogP contribution in [0.2, 0.25) is 0 Å². The summed E-state index contributed by atoms with van der Waals surface area (Å²) in [5.41, 5.74) is -0.0326. The summed E-state index contributed by atoms with van der Waals surface area (Å²) in [4.78, 5) is 35.0. The molecule has 146 valence electrons. The number of carbonyl (C=O) groups is 2. The van der Waals surface area contributed by atoms with Crippen LogP contribution in [0.4, 0.5) is 10.5 Å². The number of urea groups is 1. The molecule has 0 unspecified atom stereocenters. The second kappa shape index (κ2) is 7.94. The third kappa shape index (κ3) is 4.10. The number of amides is 2. The highest BCUT2D eigenvalue weighted by molar-refractivity contribution is 5.95. The Hall–Kier alpha value is -3.30. The monoisotopic (exact) mass is 379 g/mol. The van der Waals surface area contributed by atoms with Crippen molar-refractivity contribution in [1.82, 2.24) is 10.6 Å². The van der Waals surface area contributed by atoms with Crippen molar-refractivity contribution in [2.45, 2.75) is 39.3 Å². The van der Waals surface area contributed by atoms with E-state index in [-0.39, 0.29) is 28.7 Å². The summed E-state index contributed by atoms with van der Waals surface area (Å²) < 4.78 is 10.3. The van der Waals surface area contributed by atoms with Gasteiger partial charge in [0.05, 0.1) is 29.8 Å². The molecule has 0 spiro atoms. The predicted octanol–water partition coefficient (Wildman–Crippen LogP) is 2.28. The molecular formula is C17H21N3O7. The highest BCUT2D eigenvalue weighted by Gasteiger charge is 2.35. The van der Waals surface area contributed by atoms with Gasteiger partial charge in [-0.3, -0.25) is 10.1 Å². The normalized spacial score (nSPS) is 17.6. The highest BCUT2D eigenvalue weighted by atomic mass is 16.6. The number of nitro groups is 1. The van der Waals surface area contributed by atoms with Crippen LogP contribution in [0, 0.1) is 10.1 Å². The maximum atomic E-state index is 12.6. The Morgan fingerprint density at radius 1 is 1.44 bits per heavy atom. The van der Waals surface area contributed by atoms with Crippen LogP contribution >= 0.6 is 0 Å². The number of carbonyl (C=O) groups excluding carboxylic acids is 2. The Balaban J connectivity index is 2.58. The van der Waals surface area contributed by atoms with Crippen LogP contribution in [0.3, 0.4) is 0 Å². The molecule has 1 aromatic rings. The molecule has 2 atom stereocenters. The summed E-state index contributed by atoms with van der Waals surface area (Å²) in [6, 6.07) is 0.816. The average Bonchev–Trinajstić information content (AvgIpc) is 2.60. The SMILES string of the molecule is CC[C@H](C)OC(=O)C1=C(C)NC(=O)N[C@H]1c1cc(OC)c(O)c([N+](=O)[O-])c1. The van der Waals surface area contributed by atoms with Gasteiger partial charge in [-0.05, 0) is 31.9 Å². The smallest absolute Gasteiger partial charge is 0.338 e. The molecule has 2 rings (SSSR count). The van der Waals surface area contributed by atoms with Crippen molar-refractivity contribution in [2.24, 2.45) is 0 Å². The molecule has 0 aliphatic carbocycles. The van der Waals surface area contributed by atoms with Gasteiger partial charge >= 0.3 is 17.7 Å². The van der Waals surface area contributed by atoms with Gasteiger partial charge in [0.1, 0.15) is 0 Å². The summed E-state index contributed by atoms with van der Waals surface area (Å²) in [7, 11) is 1.24. The molecule has 0 fully saturated rings. The Morgan fingerprint density at radius 2 is 2.11 bits per heavy atom. The number of phenols is 1. The summed E-state index contributed by atoms with van der Waals surface area (Å²) in [6.45, 7) is 5.11. The van der Waals surface area contributed by atoms with Crippen molar-refractivity contribution < 1.29 is 29.1 Å². The summed E-state index contributed by atoms with van der Waals surface area (Å²) in [6.07, 6.45) is 0.251. The number of phenolic OH excluding ortho intramolecular Hbond substituents is 1. The van der Waals surface area contributed by atoms with Gasteiger partial charge in [0.15, 0.2) is 5.75 Å². The van der Waals surface area contributed by atoms with Crippen LogP contribution < -0.4 is 15.4 Å². The molecule has 2 amide bonds. The molecule has 0 saturated carbocycles. The lowest BCUT2D eigenvalue weighted by Gasteiger charge is -2.29. The predicted molar refractivity (Wildman–Crippen MR) is 94.3 cm³/mol. The van der Waals surface area contributed by atoms with E-state index in [2.05, 4.69) is 10.6 Å². The second-order valence-corrected chi connectivity index (χ2v) is 6.04. The fraction of sp³-hybridized carbons (Fsp3) is 0.412. The number of nitrogens with zero attached hydrogens (tertiary/aromatic N) is 1. The van der Waals surface area contributed by atoms with Gasteiger partial charge < -0.3 is 25.2 Å². The number of hydrogen-bond donors (Lipinski definition) is 3. The van der Waals surface area contributed by atoms with E-state index in [0.717, 1.165) is 6.07 Å². The minimum Gasteiger partial charge on any atom is -0.500 e. The minimum atomic E-state index is -1.01. The van der Waals surface area contributed by atoms with Crippen LogP contribution in [0.15, 0.2) is 23.4 Å². The number of nitrogens with one attached hydrogen (secondary N) is 2. The molecule has 0 bridgehead atoms. The number of methoxy groups -OCH3 is 1. The quantitative estimate of drug-likeness (QED) is 0.391. The number of esters is 1. The first kappa shape index (κ1) is 20.0. The van der Waals surface area contributed by atoms with Gasteiger partial charge in [-0.1, -0.05) is 6.92 Å². The van der Waals surface area contributed by atoms with E-state index in [9.17, 15) is 24.8 Å². The van der Waals surface area contributed by atoms with Crippen molar-refractivity contribution in [1.29, 1.82) is 0 Å². The maximum absolute atomic E-state index is 12.6. The number of benzene rings is 1. The van der Waals surface area contributed by atoms with Crippen molar-refractivity contribution in [3.63, 3.8) is 0 Å². The Labute approximate surface area is 155 Å². The number of rotatable bonds is 6. The van der Waals surface area contributed by atoms with E-state index in [4.69, 9.17) is 9.47 Å². The third-order valence-corrected chi connectivity index (χ3v) is 4.20. The van der Waals surface area contributed by atoms with Gasteiger partial charge in [-0.25, -0.2) is 9.59 Å². The van der Waals surface area contributed by atoms with E-state index in [1.165, 1.54) is 20.1 Å². The van der Waals surface area contributed by atoms with Crippen LogP contribution in [0.1, 0.15) is 38.8 Å². The molecule has 3 N–H and O–H groups in total. The first-order chi connectivity index (χ1) is 12.7. The molecule has 1 aromatic carbocycles. The first-order valence-electron chi connectivity index (χ1n) is 8.24. The molecule has 0 radical (unpaired) electrons. The van der Waals surface area contributed by atoms with Crippen LogP contribution in [0.25, 0.3) is 0 Å². The molecule has 27 heavy (non-hydrogen) atoms. The largest absolute Gasteiger partial charge is 0.500 e. The van der Waals surface area contributed by atoms with Gasteiger partial charge in [0.25, 0.3) is 0 Å². The lowest BCUT2D eigenvalue weighted by molar-refractivity contribution is -0.386. The Kier molecular flexibility index (Phi) is 5.88. The lowest BCUT2D eigenvalue weighted by atomic mass is 9.94. The van der Waals surface area contributed by atoms with Crippen molar-refractivity contribution in [2.75, 3.05) is 7.11 Å². The Bertz CT molecular complexity index is 819. The molecular weight excluding hydrogens is 358 g/mol. The van der Waals surface area contributed by atoms with Gasteiger partial charge in [0, 0.05) is 11.8 Å². The van der Waals surface area contributed by atoms with E-state index in [1.54, 1.807) is 6.92 Å². The zero-order valence-corrected chi connectivity index (χ0v) is 15.4. The van der Waals surface area contributed by atoms with Crippen LogP contribution in [-0.2, 0) is 9.53 Å². The first-order valence-corrected chi connectivity index (χ1v) is 8.24. The molecule has 0 saturated heterocycles. The molecule has 1 aliphatic heterocycles. The molecule has 1 heterocycles. The molecule has 10 heteroatoms. The van der Waals surface area contributed by atoms with Gasteiger partial charge in [-0.2, -0.15) is 0 Å². The number of allylic oxidation sites excluding steroid dienone is 1. The summed E-state index contributed by atoms with van der Waals surface area (Å²) in [5.74, 6) is -1.45.